The Morgan fingerprint density at radius 2 is 1.40 bits per heavy atom. The van der Waals surface area contributed by atoms with Crippen LogP contribution in [0.4, 0.5) is 4.39 Å². The molecule has 0 fully saturated rings. The molecule has 0 saturated heterocycles. The highest BCUT2D eigenvalue weighted by atomic mass is 19.1. The van der Waals surface area contributed by atoms with Crippen LogP contribution in [0, 0.1) is 5.82 Å². The minimum absolute atomic E-state index is 0.0927. The van der Waals surface area contributed by atoms with Crippen LogP contribution in [-0.4, -0.2) is 29.8 Å². The minimum atomic E-state index is -0.662. The number of hydrogen-bond donors (Lipinski definition) is 1. The van der Waals surface area contributed by atoms with E-state index in [-0.39, 0.29) is 24.1 Å². The number of nitrogens with one attached hydrogen (secondary N) is 1. The van der Waals surface area contributed by atoms with Crippen molar-refractivity contribution in [1.82, 2.24) is 10.2 Å². The molecule has 1 atom stereocenters. The summed E-state index contributed by atoms with van der Waals surface area (Å²) in [5.74, 6) is -0.753. The van der Waals surface area contributed by atoms with Gasteiger partial charge in [0, 0.05) is 20.0 Å². The molecule has 0 aliphatic carbocycles. The predicted octanol–water partition coefficient (Wildman–Crippen LogP) is 3.75. The lowest BCUT2D eigenvalue weighted by Crippen LogP contribution is -2.50. The molecular weight excluding hydrogens is 379 g/mol. The van der Waals surface area contributed by atoms with Crippen molar-refractivity contribution in [2.75, 3.05) is 7.05 Å². The first-order chi connectivity index (χ1) is 14.6. The van der Waals surface area contributed by atoms with E-state index in [1.165, 1.54) is 12.1 Å². The number of rotatable bonds is 8. The third-order valence-electron chi connectivity index (χ3n) is 4.98. The molecule has 30 heavy (non-hydrogen) atoms. The molecule has 0 saturated carbocycles. The molecule has 5 heteroatoms. The molecule has 3 rings (SSSR count). The number of hydrogen-bond acceptors (Lipinski definition) is 2. The zero-order valence-electron chi connectivity index (χ0n) is 16.9. The van der Waals surface area contributed by atoms with Gasteiger partial charge in [0.25, 0.3) is 0 Å². The monoisotopic (exact) mass is 404 g/mol. The van der Waals surface area contributed by atoms with Crippen molar-refractivity contribution in [3.8, 4) is 0 Å². The van der Waals surface area contributed by atoms with E-state index in [1.807, 2.05) is 60.7 Å². The summed E-state index contributed by atoms with van der Waals surface area (Å²) in [7, 11) is 1.57. The van der Waals surface area contributed by atoms with E-state index in [9.17, 15) is 14.0 Å². The van der Waals surface area contributed by atoms with Crippen molar-refractivity contribution >= 4 is 11.8 Å². The number of carbonyl (C=O) groups is 2. The van der Waals surface area contributed by atoms with Gasteiger partial charge in [-0.2, -0.15) is 0 Å². The van der Waals surface area contributed by atoms with Gasteiger partial charge in [-0.15, -0.1) is 0 Å². The van der Waals surface area contributed by atoms with E-state index in [1.54, 1.807) is 24.1 Å². The highest BCUT2D eigenvalue weighted by Crippen LogP contribution is 2.16. The van der Waals surface area contributed by atoms with Crippen molar-refractivity contribution in [3.05, 3.63) is 107 Å². The average Bonchev–Trinajstić information content (AvgIpc) is 2.78. The van der Waals surface area contributed by atoms with Crippen LogP contribution in [-0.2, 0) is 29.0 Å². The molecule has 0 aliphatic heterocycles. The van der Waals surface area contributed by atoms with Crippen LogP contribution in [0.3, 0.4) is 0 Å². The summed E-state index contributed by atoms with van der Waals surface area (Å²) < 4.78 is 13.2. The molecule has 0 bridgehead atoms. The van der Waals surface area contributed by atoms with Crippen LogP contribution in [0.1, 0.15) is 16.7 Å². The van der Waals surface area contributed by atoms with Gasteiger partial charge in [-0.3, -0.25) is 9.59 Å². The second kappa shape index (κ2) is 10.3. The molecule has 1 unspecified atom stereocenters. The van der Waals surface area contributed by atoms with Crippen LogP contribution in [0.25, 0.3) is 0 Å². The van der Waals surface area contributed by atoms with E-state index in [0.29, 0.717) is 18.5 Å². The molecule has 0 radical (unpaired) electrons. The number of carbonyl (C=O) groups excluding carboxylic acids is 2. The van der Waals surface area contributed by atoms with Gasteiger partial charge in [-0.1, -0.05) is 72.8 Å². The van der Waals surface area contributed by atoms with Gasteiger partial charge < -0.3 is 10.2 Å². The Morgan fingerprint density at radius 3 is 1.97 bits per heavy atom. The van der Waals surface area contributed by atoms with E-state index in [2.05, 4.69) is 5.32 Å². The molecule has 3 aromatic rings. The summed E-state index contributed by atoms with van der Waals surface area (Å²) >= 11 is 0. The van der Waals surface area contributed by atoms with Gasteiger partial charge >= 0.3 is 0 Å². The second-order valence-electron chi connectivity index (χ2n) is 7.13. The topological polar surface area (TPSA) is 49.4 Å². The van der Waals surface area contributed by atoms with E-state index < -0.39 is 6.04 Å². The molecule has 2 amide bonds. The van der Waals surface area contributed by atoms with Gasteiger partial charge in [0.1, 0.15) is 11.9 Å². The molecule has 0 heterocycles. The number of benzene rings is 3. The largest absolute Gasteiger partial charge is 0.357 e. The first kappa shape index (κ1) is 21.2. The van der Waals surface area contributed by atoms with Crippen LogP contribution in [0.2, 0.25) is 0 Å². The predicted molar refractivity (Wildman–Crippen MR) is 115 cm³/mol. The third-order valence-corrected chi connectivity index (χ3v) is 4.98. The van der Waals surface area contributed by atoms with Gasteiger partial charge in [-0.05, 0) is 28.8 Å². The summed E-state index contributed by atoms with van der Waals surface area (Å²) in [6, 6.07) is 24.4. The molecule has 0 aliphatic rings. The maximum Gasteiger partial charge on any atom is 0.242 e. The Hall–Kier alpha value is -3.47. The van der Waals surface area contributed by atoms with Crippen LogP contribution in [0.5, 0.6) is 0 Å². The van der Waals surface area contributed by atoms with Gasteiger partial charge in [-0.25, -0.2) is 4.39 Å². The lowest BCUT2D eigenvalue weighted by molar-refractivity contribution is -0.140. The molecule has 154 valence electrons. The Kier molecular flexibility index (Phi) is 7.33. The lowest BCUT2D eigenvalue weighted by Gasteiger charge is -2.31. The van der Waals surface area contributed by atoms with Crippen LogP contribution < -0.4 is 5.32 Å². The summed E-state index contributed by atoms with van der Waals surface area (Å²) in [5.41, 5.74) is 2.61. The van der Waals surface area contributed by atoms with Crippen molar-refractivity contribution in [2.45, 2.75) is 25.4 Å². The SMILES string of the molecule is CNC(=O)C(Cc1ccccc1)N(Cc1ccccc1)C(=O)Cc1ccc(F)cc1. The van der Waals surface area contributed by atoms with Crippen LogP contribution >= 0.6 is 0 Å². The zero-order valence-corrected chi connectivity index (χ0v) is 16.9. The fourth-order valence-corrected chi connectivity index (χ4v) is 3.38. The summed E-state index contributed by atoms with van der Waals surface area (Å²) in [4.78, 5) is 27.7. The summed E-state index contributed by atoms with van der Waals surface area (Å²) in [6.07, 6.45) is 0.498. The fourth-order valence-electron chi connectivity index (χ4n) is 3.38. The Bertz CT molecular complexity index is 959. The van der Waals surface area contributed by atoms with Gasteiger partial charge in [0.05, 0.1) is 6.42 Å². The lowest BCUT2D eigenvalue weighted by atomic mass is 10.0. The fraction of sp³-hybridized carbons (Fsp3) is 0.200. The van der Waals surface area contributed by atoms with Crippen LogP contribution in [0.15, 0.2) is 84.9 Å². The zero-order chi connectivity index (χ0) is 21.3. The second-order valence-corrected chi connectivity index (χ2v) is 7.13. The van der Waals surface area contributed by atoms with E-state index in [0.717, 1.165) is 11.1 Å². The standard InChI is InChI=1S/C25H25FN2O2/c1-27-25(30)23(16-19-8-4-2-5-9-19)28(18-21-10-6-3-7-11-21)24(29)17-20-12-14-22(26)15-13-20/h2-15,23H,16-18H2,1H3,(H,27,30). The summed E-state index contributed by atoms with van der Waals surface area (Å²) in [5, 5.41) is 2.70. The first-order valence-corrected chi connectivity index (χ1v) is 9.90. The Balaban J connectivity index is 1.91. The molecule has 4 nitrogen and oxygen atoms in total. The highest BCUT2D eigenvalue weighted by Gasteiger charge is 2.29. The number of amides is 2. The van der Waals surface area contributed by atoms with E-state index >= 15 is 0 Å². The van der Waals surface area contributed by atoms with E-state index in [4.69, 9.17) is 0 Å². The molecule has 1 N–H and O–H groups in total. The van der Waals surface area contributed by atoms with Crippen molar-refractivity contribution in [1.29, 1.82) is 0 Å². The molecule has 0 spiro atoms. The number of nitrogens with zero attached hydrogens (tertiary/aromatic N) is 1. The summed E-state index contributed by atoms with van der Waals surface area (Å²) in [6.45, 7) is 0.311. The van der Waals surface area contributed by atoms with Crippen molar-refractivity contribution in [3.63, 3.8) is 0 Å². The quantitative estimate of drug-likeness (QED) is 0.622. The number of halogens is 1. The van der Waals surface area contributed by atoms with Gasteiger partial charge in [0.2, 0.25) is 11.8 Å². The number of likely N-dealkylation sites (N-methyl/N-ethyl adjacent to an activating group) is 1. The average molecular weight is 404 g/mol. The third kappa shape index (κ3) is 5.77. The van der Waals surface area contributed by atoms with Crippen molar-refractivity contribution < 1.29 is 14.0 Å². The molecular formula is C25H25FN2O2. The van der Waals surface area contributed by atoms with Gasteiger partial charge in [0.15, 0.2) is 0 Å². The smallest absolute Gasteiger partial charge is 0.242 e. The maximum atomic E-state index is 13.3. The Labute approximate surface area is 176 Å². The molecule has 3 aromatic carbocycles. The maximum absolute atomic E-state index is 13.3. The Morgan fingerprint density at radius 1 is 0.833 bits per heavy atom. The normalized spacial score (nSPS) is 11.5. The van der Waals surface area contributed by atoms with Crippen molar-refractivity contribution in [2.24, 2.45) is 0 Å². The first-order valence-electron chi connectivity index (χ1n) is 9.90. The minimum Gasteiger partial charge on any atom is -0.357 e. The molecule has 0 aromatic heterocycles. The highest BCUT2D eigenvalue weighted by molar-refractivity contribution is 5.88.